The fourth-order valence-electron chi connectivity index (χ4n) is 2.35. The molecule has 2 N–H and O–H groups in total. The number of hydrogen-bond acceptors (Lipinski definition) is 3. The molecule has 1 aromatic carbocycles. The summed E-state index contributed by atoms with van der Waals surface area (Å²) in [7, 11) is 2.04. The number of anilines is 1. The molecule has 0 bridgehead atoms. The number of likely N-dealkylation sites (tertiary alicyclic amines) is 1. The number of likely N-dealkylation sites (N-methyl/N-ethyl adjacent to an activating group) is 1. The Labute approximate surface area is 105 Å². The first kappa shape index (κ1) is 12.8. The van der Waals surface area contributed by atoms with E-state index in [9.17, 15) is 9.18 Å². The van der Waals surface area contributed by atoms with E-state index in [4.69, 9.17) is 5.11 Å². The first-order valence-electron chi connectivity index (χ1n) is 6.05. The molecule has 1 aliphatic heterocycles. The van der Waals surface area contributed by atoms with Crippen LogP contribution in [-0.2, 0) is 0 Å². The van der Waals surface area contributed by atoms with E-state index in [2.05, 4.69) is 10.2 Å². The second-order valence-corrected chi connectivity index (χ2v) is 4.63. The summed E-state index contributed by atoms with van der Waals surface area (Å²) in [4.78, 5) is 13.2. The number of hydrogen-bond donors (Lipinski definition) is 2. The molecule has 0 aliphatic carbocycles. The van der Waals surface area contributed by atoms with E-state index in [1.54, 1.807) is 6.07 Å². The lowest BCUT2D eigenvalue weighted by atomic mass is 10.1. The summed E-state index contributed by atoms with van der Waals surface area (Å²) >= 11 is 0. The summed E-state index contributed by atoms with van der Waals surface area (Å²) in [6, 6.07) is 4.66. The monoisotopic (exact) mass is 252 g/mol. The van der Waals surface area contributed by atoms with Crippen molar-refractivity contribution in [3.05, 3.63) is 29.6 Å². The Kier molecular flexibility index (Phi) is 3.81. The summed E-state index contributed by atoms with van der Waals surface area (Å²) in [5, 5.41) is 12.0. The molecule has 0 aromatic heterocycles. The number of carboxylic acids is 1. The van der Waals surface area contributed by atoms with Gasteiger partial charge in [-0.1, -0.05) is 6.07 Å². The number of carbonyl (C=O) groups is 1. The topological polar surface area (TPSA) is 52.6 Å². The van der Waals surface area contributed by atoms with Gasteiger partial charge in [0.1, 0.15) is 11.4 Å². The highest BCUT2D eigenvalue weighted by Crippen LogP contribution is 2.21. The van der Waals surface area contributed by atoms with Crippen molar-refractivity contribution in [3.63, 3.8) is 0 Å². The van der Waals surface area contributed by atoms with Crippen molar-refractivity contribution in [2.75, 3.05) is 25.5 Å². The van der Waals surface area contributed by atoms with Gasteiger partial charge in [0.25, 0.3) is 0 Å². The second kappa shape index (κ2) is 5.35. The van der Waals surface area contributed by atoms with E-state index in [1.807, 2.05) is 7.05 Å². The third-order valence-electron chi connectivity index (χ3n) is 3.43. The Morgan fingerprint density at radius 2 is 2.39 bits per heavy atom. The zero-order chi connectivity index (χ0) is 13.1. The number of carboxylic acid groups (broad SMARTS) is 1. The van der Waals surface area contributed by atoms with Gasteiger partial charge in [0.15, 0.2) is 0 Å². The maximum absolute atomic E-state index is 13.4. The average Bonchev–Trinajstić information content (AvgIpc) is 2.71. The van der Waals surface area contributed by atoms with Crippen molar-refractivity contribution in [1.29, 1.82) is 0 Å². The van der Waals surface area contributed by atoms with Crippen LogP contribution >= 0.6 is 0 Å². The molecule has 1 unspecified atom stereocenters. The zero-order valence-corrected chi connectivity index (χ0v) is 10.3. The van der Waals surface area contributed by atoms with Crippen LogP contribution in [0.2, 0.25) is 0 Å². The van der Waals surface area contributed by atoms with E-state index in [-0.39, 0.29) is 5.56 Å². The molecule has 1 fully saturated rings. The van der Waals surface area contributed by atoms with Gasteiger partial charge in [0.2, 0.25) is 0 Å². The van der Waals surface area contributed by atoms with E-state index < -0.39 is 11.8 Å². The minimum Gasteiger partial charge on any atom is -0.478 e. The van der Waals surface area contributed by atoms with Crippen LogP contribution in [0.1, 0.15) is 23.2 Å². The van der Waals surface area contributed by atoms with E-state index in [0.717, 1.165) is 25.5 Å². The molecule has 0 saturated carbocycles. The Morgan fingerprint density at radius 1 is 1.61 bits per heavy atom. The molecular weight excluding hydrogens is 235 g/mol. The highest BCUT2D eigenvalue weighted by Gasteiger charge is 2.22. The van der Waals surface area contributed by atoms with E-state index in [0.29, 0.717) is 18.3 Å². The van der Waals surface area contributed by atoms with Gasteiger partial charge in [-0.2, -0.15) is 0 Å². The summed E-state index contributed by atoms with van der Waals surface area (Å²) in [6.45, 7) is 1.70. The summed E-state index contributed by atoms with van der Waals surface area (Å²) in [5.41, 5.74) is 0.0703. The molecule has 18 heavy (non-hydrogen) atoms. The van der Waals surface area contributed by atoms with Gasteiger partial charge in [-0.05, 0) is 38.6 Å². The van der Waals surface area contributed by atoms with Crippen LogP contribution in [0, 0.1) is 5.82 Å². The first-order chi connectivity index (χ1) is 8.59. The third-order valence-corrected chi connectivity index (χ3v) is 3.43. The Hall–Kier alpha value is -1.62. The van der Waals surface area contributed by atoms with Gasteiger partial charge in [0.05, 0.1) is 5.69 Å². The van der Waals surface area contributed by atoms with Gasteiger partial charge in [-0.15, -0.1) is 0 Å². The summed E-state index contributed by atoms with van der Waals surface area (Å²) < 4.78 is 13.4. The molecule has 5 heteroatoms. The van der Waals surface area contributed by atoms with Crippen molar-refractivity contribution in [1.82, 2.24) is 4.90 Å². The van der Waals surface area contributed by atoms with Crippen LogP contribution in [0.4, 0.5) is 10.1 Å². The zero-order valence-electron chi connectivity index (χ0n) is 10.3. The number of benzene rings is 1. The second-order valence-electron chi connectivity index (χ2n) is 4.63. The largest absolute Gasteiger partial charge is 0.478 e. The predicted octanol–water partition coefficient (Wildman–Crippen LogP) is 2.03. The van der Waals surface area contributed by atoms with Crippen LogP contribution in [0.25, 0.3) is 0 Å². The fraction of sp³-hybridized carbons (Fsp3) is 0.462. The molecule has 2 rings (SSSR count). The van der Waals surface area contributed by atoms with Crippen molar-refractivity contribution < 1.29 is 14.3 Å². The number of aromatic carboxylic acids is 1. The number of rotatable bonds is 4. The molecule has 0 spiro atoms. The van der Waals surface area contributed by atoms with Gasteiger partial charge < -0.3 is 15.3 Å². The first-order valence-corrected chi connectivity index (χ1v) is 6.05. The molecule has 0 radical (unpaired) electrons. The van der Waals surface area contributed by atoms with Crippen molar-refractivity contribution in [2.45, 2.75) is 18.9 Å². The SMILES string of the molecule is CN1CCCC1CNc1cccc(F)c1C(=O)O. The fourth-order valence-corrected chi connectivity index (χ4v) is 2.35. The van der Waals surface area contributed by atoms with Crippen molar-refractivity contribution in [3.8, 4) is 0 Å². The van der Waals surface area contributed by atoms with Gasteiger partial charge in [-0.25, -0.2) is 9.18 Å². The third kappa shape index (κ3) is 2.61. The minimum atomic E-state index is -1.24. The molecule has 4 nitrogen and oxygen atoms in total. The van der Waals surface area contributed by atoms with Crippen molar-refractivity contribution in [2.24, 2.45) is 0 Å². The Bertz CT molecular complexity index is 451. The van der Waals surface area contributed by atoms with Gasteiger partial charge >= 0.3 is 5.97 Å². The lowest BCUT2D eigenvalue weighted by molar-refractivity contribution is 0.0693. The van der Waals surface area contributed by atoms with Crippen LogP contribution in [0.3, 0.4) is 0 Å². The maximum atomic E-state index is 13.4. The molecule has 1 saturated heterocycles. The Balaban J connectivity index is 2.09. The molecule has 1 atom stereocenters. The predicted molar refractivity (Wildman–Crippen MR) is 67.5 cm³/mol. The minimum absolute atomic E-state index is 0.279. The molecule has 1 aliphatic rings. The van der Waals surface area contributed by atoms with E-state index in [1.165, 1.54) is 6.07 Å². The molecule has 0 amide bonds. The van der Waals surface area contributed by atoms with Crippen LogP contribution in [-0.4, -0.2) is 42.2 Å². The lowest BCUT2D eigenvalue weighted by Gasteiger charge is -2.21. The normalized spacial score (nSPS) is 20.0. The lowest BCUT2D eigenvalue weighted by Crippen LogP contribution is -2.31. The number of halogens is 1. The summed E-state index contributed by atoms with van der Waals surface area (Å²) in [5.74, 6) is -1.94. The van der Waals surface area contributed by atoms with Gasteiger partial charge in [-0.3, -0.25) is 0 Å². The van der Waals surface area contributed by atoms with Crippen LogP contribution in [0.15, 0.2) is 18.2 Å². The quantitative estimate of drug-likeness (QED) is 0.861. The number of nitrogens with one attached hydrogen (secondary N) is 1. The summed E-state index contributed by atoms with van der Waals surface area (Å²) in [6.07, 6.45) is 2.24. The van der Waals surface area contributed by atoms with E-state index >= 15 is 0 Å². The smallest absolute Gasteiger partial charge is 0.340 e. The average molecular weight is 252 g/mol. The highest BCUT2D eigenvalue weighted by atomic mass is 19.1. The molecule has 98 valence electrons. The Morgan fingerprint density at radius 3 is 3.00 bits per heavy atom. The number of nitrogens with zero attached hydrogens (tertiary/aromatic N) is 1. The maximum Gasteiger partial charge on any atom is 0.340 e. The van der Waals surface area contributed by atoms with Gasteiger partial charge in [0, 0.05) is 12.6 Å². The molecule has 1 heterocycles. The standard InChI is InChI=1S/C13H17FN2O2/c1-16-7-3-4-9(16)8-15-11-6-2-5-10(14)12(11)13(17)18/h2,5-6,9,15H,3-4,7-8H2,1H3,(H,17,18). The molecular formula is C13H17FN2O2. The van der Waals surface area contributed by atoms with Crippen LogP contribution < -0.4 is 5.32 Å². The highest BCUT2D eigenvalue weighted by molar-refractivity contribution is 5.94. The van der Waals surface area contributed by atoms with Crippen LogP contribution in [0.5, 0.6) is 0 Å². The molecule has 1 aromatic rings. The van der Waals surface area contributed by atoms with Crippen molar-refractivity contribution >= 4 is 11.7 Å².